The van der Waals surface area contributed by atoms with E-state index >= 15 is 0 Å². The lowest BCUT2D eigenvalue weighted by Gasteiger charge is -2.09. The third-order valence-electron chi connectivity index (χ3n) is 5.15. The maximum Gasteiger partial charge on any atom is 0.248 e. The lowest BCUT2D eigenvalue weighted by molar-refractivity contribution is -0.111. The molecule has 172 valence electrons. The minimum absolute atomic E-state index is 0.248. The van der Waals surface area contributed by atoms with E-state index in [1.807, 2.05) is 54.6 Å². The number of rotatable bonds is 8. The zero-order valence-electron chi connectivity index (χ0n) is 19.1. The lowest BCUT2D eigenvalue weighted by Crippen LogP contribution is -2.08. The summed E-state index contributed by atoms with van der Waals surface area (Å²) in [6.45, 7) is 0. The summed E-state index contributed by atoms with van der Waals surface area (Å²) in [7, 11) is 4.78. The number of carbonyl (C=O) groups excluding carboxylic acids is 1. The van der Waals surface area contributed by atoms with Crippen molar-refractivity contribution in [1.82, 2.24) is 15.0 Å². The van der Waals surface area contributed by atoms with Crippen LogP contribution in [-0.4, -0.2) is 42.2 Å². The van der Waals surface area contributed by atoms with Crippen molar-refractivity contribution in [1.29, 1.82) is 0 Å². The molecule has 0 atom stereocenters. The largest absolute Gasteiger partial charge is 0.497 e. The Morgan fingerprint density at radius 3 is 2.29 bits per heavy atom. The Morgan fingerprint density at radius 2 is 1.62 bits per heavy atom. The van der Waals surface area contributed by atoms with E-state index in [1.54, 1.807) is 50.4 Å². The SMILES string of the molecule is COc1ccc(-c2cnnn2-c2ccc(NC(=O)/C=C/c3ccc(OC)c(OC)c3)cc2)cc1. The van der Waals surface area contributed by atoms with Crippen molar-refractivity contribution in [2.24, 2.45) is 0 Å². The van der Waals surface area contributed by atoms with E-state index in [0.717, 1.165) is 28.3 Å². The van der Waals surface area contributed by atoms with Gasteiger partial charge in [-0.05, 0) is 72.3 Å². The van der Waals surface area contributed by atoms with Crippen LogP contribution < -0.4 is 19.5 Å². The summed E-state index contributed by atoms with van der Waals surface area (Å²) in [4.78, 5) is 12.4. The number of nitrogens with one attached hydrogen (secondary N) is 1. The molecule has 0 fully saturated rings. The Morgan fingerprint density at radius 1 is 0.882 bits per heavy atom. The number of benzene rings is 3. The maximum atomic E-state index is 12.4. The number of ether oxygens (including phenoxy) is 3. The predicted molar refractivity (Wildman–Crippen MR) is 131 cm³/mol. The molecule has 0 aliphatic heterocycles. The van der Waals surface area contributed by atoms with Gasteiger partial charge in [0, 0.05) is 17.3 Å². The van der Waals surface area contributed by atoms with Crippen molar-refractivity contribution >= 4 is 17.7 Å². The fraction of sp³-hybridized carbons (Fsp3) is 0.115. The predicted octanol–water partition coefficient (Wildman–Crippen LogP) is 4.61. The second-order valence-corrected chi connectivity index (χ2v) is 7.24. The van der Waals surface area contributed by atoms with Crippen LogP contribution in [0.15, 0.2) is 79.0 Å². The molecule has 4 rings (SSSR count). The van der Waals surface area contributed by atoms with Crippen LogP contribution in [-0.2, 0) is 4.79 Å². The van der Waals surface area contributed by atoms with E-state index in [1.165, 1.54) is 6.08 Å². The van der Waals surface area contributed by atoms with Gasteiger partial charge in [-0.15, -0.1) is 5.10 Å². The number of carbonyl (C=O) groups is 1. The minimum Gasteiger partial charge on any atom is -0.497 e. The van der Waals surface area contributed by atoms with Crippen molar-refractivity contribution in [2.75, 3.05) is 26.6 Å². The number of methoxy groups -OCH3 is 3. The van der Waals surface area contributed by atoms with Crippen molar-refractivity contribution in [3.05, 3.63) is 84.6 Å². The molecule has 3 aromatic carbocycles. The molecule has 1 amide bonds. The van der Waals surface area contributed by atoms with Gasteiger partial charge in [0.15, 0.2) is 11.5 Å². The van der Waals surface area contributed by atoms with Crippen LogP contribution in [0.25, 0.3) is 23.0 Å². The third kappa shape index (κ3) is 5.07. The molecule has 8 heteroatoms. The second-order valence-electron chi connectivity index (χ2n) is 7.24. The van der Waals surface area contributed by atoms with Gasteiger partial charge in [-0.1, -0.05) is 11.3 Å². The Balaban J connectivity index is 1.44. The summed E-state index contributed by atoms with van der Waals surface area (Å²) < 4.78 is 17.5. The van der Waals surface area contributed by atoms with E-state index in [0.29, 0.717) is 17.2 Å². The zero-order chi connectivity index (χ0) is 23.9. The first kappa shape index (κ1) is 22.6. The molecule has 4 aromatic rings. The summed E-state index contributed by atoms with van der Waals surface area (Å²) in [5.74, 6) is 1.76. The molecule has 0 bridgehead atoms. The summed E-state index contributed by atoms with van der Waals surface area (Å²) in [6.07, 6.45) is 4.88. The van der Waals surface area contributed by atoms with Gasteiger partial charge < -0.3 is 19.5 Å². The lowest BCUT2D eigenvalue weighted by atomic mass is 10.1. The third-order valence-corrected chi connectivity index (χ3v) is 5.15. The summed E-state index contributed by atoms with van der Waals surface area (Å²) >= 11 is 0. The standard InChI is InChI=1S/C26H24N4O4/c1-32-22-12-6-19(7-13-22)23-17-27-29-30(23)21-10-8-20(9-11-21)28-26(31)15-5-18-4-14-24(33-2)25(16-18)34-3/h4-17H,1-3H3,(H,28,31)/b15-5+. The Labute approximate surface area is 197 Å². The number of amides is 1. The summed E-state index contributed by atoms with van der Waals surface area (Å²) in [5, 5.41) is 11.1. The van der Waals surface area contributed by atoms with Crippen LogP contribution in [0, 0.1) is 0 Å². The van der Waals surface area contributed by atoms with Crippen LogP contribution in [0.1, 0.15) is 5.56 Å². The van der Waals surface area contributed by atoms with Crippen molar-refractivity contribution in [2.45, 2.75) is 0 Å². The van der Waals surface area contributed by atoms with E-state index < -0.39 is 0 Å². The number of anilines is 1. The Bertz CT molecular complexity index is 1300. The van der Waals surface area contributed by atoms with Crippen molar-refractivity contribution in [3.8, 4) is 34.2 Å². The van der Waals surface area contributed by atoms with Gasteiger partial charge in [0.05, 0.1) is 38.9 Å². The first-order chi connectivity index (χ1) is 16.6. The van der Waals surface area contributed by atoms with Gasteiger partial charge in [-0.25, -0.2) is 4.68 Å². The summed E-state index contributed by atoms with van der Waals surface area (Å²) in [5.41, 5.74) is 4.11. The van der Waals surface area contributed by atoms with E-state index in [-0.39, 0.29) is 5.91 Å². The fourth-order valence-electron chi connectivity index (χ4n) is 3.38. The Hall–Kier alpha value is -4.59. The summed E-state index contributed by atoms with van der Waals surface area (Å²) in [6, 6.07) is 20.5. The highest BCUT2D eigenvalue weighted by Crippen LogP contribution is 2.28. The normalized spacial score (nSPS) is 10.8. The van der Waals surface area contributed by atoms with E-state index in [2.05, 4.69) is 15.6 Å². The van der Waals surface area contributed by atoms with Crippen molar-refractivity contribution < 1.29 is 19.0 Å². The van der Waals surface area contributed by atoms with Crippen LogP contribution in [0.5, 0.6) is 17.2 Å². The zero-order valence-corrected chi connectivity index (χ0v) is 19.1. The highest BCUT2D eigenvalue weighted by atomic mass is 16.5. The first-order valence-corrected chi connectivity index (χ1v) is 10.5. The van der Waals surface area contributed by atoms with Crippen LogP contribution in [0.4, 0.5) is 5.69 Å². The van der Waals surface area contributed by atoms with Crippen LogP contribution in [0.2, 0.25) is 0 Å². The van der Waals surface area contributed by atoms with Gasteiger partial charge in [0.25, 0.3) is 0 Å². The highest BCUT2D eigenvalue weighted by molar-refractivity contribution is 6.02. The molecule has 0 unspecified atom stereocenters. The van der Waals surface area contributed by atoms with Gasteiger partial charge >= 0.3 is 0 Å². The van der Waals surface area contributed by atoms with Crippen LogP contribution >= 0.6 is 0 Å². The quantitative estimate of drug-likeness (QED) is 0.390. The average Bonchev–Trinajstić information content (AvgIpc) is 3.37. The number of nitrogens with zero attached hydrogens (tertiary/aromatic N) is 3. The van der Waals surface area contributed by atoms with E-state index in [9.17, 15) is 4.79 Å². The van der Waals surface area contributed by atoms with Crippen LogP contribution in [0.3, 0.4) is 0 Å². The van der Waals surface area contributed by atoms with Gasteiger partial charge in [0.1, 0.15) is 5.75 Å². The topological polar surface area (TPSA) is 87.5 Å². The smallest absolute Gasteiger partial charge is 0.248 e. The molecule has 0 saturated heterocycles. The molecular weight excluding hydrogens is 432 g/mol. The molecular formula is C26H24N4O4. The highest BCUT2D eigenvalue weighted by Gasteiger charge is 2.10. The second kappa shape index (κ2) is 10.4. The fourth-order valence-corrected chi connectivity index (χ4v) is 3.38. The van der Waals surface area contributed by atoms with Gasteiger partial charge in [0.2, 0.25) is 5.91 Å². The molecule has 1 heterocycles. The van der Waals surface area contributed by atoms with Crippen molar-refractivity contribution in [3.63, 3.8) is 0 Å². The molecule has 34 heavy (non-hydrogen) atoms. The minimum atomic E-state index is -0.248. The maximum absolute atomic E-state index is 12.4. The molecule has 0 saturated carbocycles. The number of aromatic nitrogens is 3. The number of hydrogen-bond donors (Lipinski definition) is 1. The molecule has 8 nitrogen and oxygen atoms in total. The van der Waals surface area contributed by atoms with Gasteiger partial charge in [-0.3, -0.25) is 4.79 Å². The Kier molecular flexibility index (Phi) is 6.88. The average molecular weight is 457 g/mol. The molecule has 0 spiro atoms. The molecule has 0 aliphatic rings. The number of hydrogen-bond acceptors (Lipinski definition) is 6. The van der Waals surface area contributed by atoms with E-state index in [4.69, 9.17) is 14.2 Å². The molecule has 0 radical (unpaired) electrons. The molecule has 1 aromatic heterocycles. The first-order valence-electron chi connectivity index (χ1n) is 10.5. The van der Waals surface area contributed by atoms with Gasteiger partial charge in [-0.2, -0.15) is 0 Å². The monoisotopic (exact) mass is 456 g/mol. The molecule has 1 N–H and O–H groups in total. The molecule has 0 aliphatic carbocycles.